The maximum Gasteiger partial charge on any atom is 0.122 e. The largest absolute Gasteiger partial charge is 0.508 e. The second-order valence-corrected chi connectivity index (χ2v) is 4.68. The van der Waals surface area contributed by atoms with Crippen LogP contribution in [0.5, 0.6) is 23.0 Å². The first-order valence-corrected chi connectivity index (χ1v) is 6.45. The maximum atomic E-state index is 10.3. The lowest BCUT2D eigenvalue weighted by Crippen LogP contribution is -2.03. The van der Waals surface area contributed by atoms with Crippen molar-refractivity contribution >= 4 is 0 Å². The molecule has 0 saturated heterocycles. The molecule has 1 atom stereocenters. The third-order valence-corrected chi connectivity index (χ3v) is 3.21. The fraction of sp³-hybridized carbons (Fsp3) is 0.250. The maximum absolute atomic E-state index is 10.3. The van der Waals surface area contributed by atoms with E-state index in [2.05, 4.69) is 0 Å². The Morgan fingerprint density at radius 3 is 2.14 bits per heavy atom. The molecule has 3 N–H and O–H groups in total. The molecule has 0 amide bonds. The van der Waals surface area contributed by atoms with Gasteiger partial charge in [0.25, 0.3) is 0 Å². The molecule has 0 heterocycles. The first-order valence-electron chi connectivity index (χ1n) is 6.45. The predicted octanol–water partition coefficient (Wildman–Crippen LogP) is 2.39. The summed E-state index contributed by atoms with van der Waals surface area (Å²) in [7, 11) is 3.10. The van der Waals surface area contributed by atoms with Crippen LogP contribution in [0.2, 0.25) is 0 Å². The monoisotopic (exact) mass is 290 g/mol. The molecule has 5 nitrogen and oxygen atoms in total. The summed E-state index contributed by atoms with van der Waals surface area (Å²) in [5.41, 5.74) is 1.07. The van der Waals surface area contributed by atoms with Crippen LogP contribution in [0.25, 0.3) is 0 Å². The van der Waals surface area contributed by atoms with Gasteiger partial charge < -0.3 is 24.8 Å². The number of benzene rings is 2. The number of ether oxygens (including phenoxy) is 2. The molecule has 0 fully saturated rings. The van der Waals surface area contributed by atoms with E-state index in [1.54, 1.807) is 32.4 Å². The van der Waals surface area contributed by atoms with Crippen LogP contribution in [-0.4, -0.2) is 29.5 Å². The zero-order chi connectivity index (χ0) is 15.4. The topological polar surface area (TPSA) is 79.2 Å². The Balaban J connectivity index is 2.26. The average Bonchev–Trinajstić information content (AvgIpc) is 2.49. The third kappa shape index (κ3) is 3.58. The van der Waals surface area contributed by atoms with Crippen LogP contribution in [0.4, 0.5) is 0 Å². The van der Waals surface area contributed by atoms with Crippen molar-refractivity contribution in [3.63, 3.8) is 0 Å². The number of phenols is 2. The van der Waals surface area contributed by atoms with Crippen molar-refractivity contribution < 1.29 is 24.8 Å². The van der Waals surface area contributed by atoms with Gasteiger partial charge >= 0.3 is 0 Å². The lowest BCUT2D eigenvalue weighted by Gasteiger charge is -2.14. The molecule has 0 radical (unpaired) electrons. The Hall–Kier alpha value is -2.40. The Morgan fingerprint density at radius 2 is 1.57 bits per heavy atom. The molecule has 2 aromatic carbocycles. The van der Waals surface area contributed by atoms with Crippen molar-refractivity contribution in [3.05, 3.63) is 47.5 Å². The highest BCUT2D eigenvalue weighted by molar-refractivity contribution is 5.42. The number of hydrogen-bond donors (Lipinski definition) is 3. The molecule has 1 unspecified atom stereocenters. The molecule has 0 saturated carbocycles. The quantitative estimate of drug-likeness (QED) is 0.737. The first-order chi connectivity index (χ1) is 10.0. The van der Waals surface area contributed by atoms with Crippen LogP contribution in [0.15, 0.2) is 36.4 Å². The van der Waals surface area contributed by atoms with E-state index in [-0.39, 0.29) is 23.5 Å². The molecule has 0 aliphatic heterocycles. The van der Waals surface area contributed by atoms with E-state index >= 15 is 0 Å². The van der Waals surface area contributed by atoms with Crippen molar-refractivity contribution in [1.29, 1.82) is 0 Å². The highest BCUT2D eigenvalue weighted by Crippen LogP contribution is 2.31. The number of phenolic OH excluding ortho intramolecular Hbond substituents is 2. The van der Waals surface area contributed by atoms with E-state index in [0.29, 0.717) is 11.5 Å². The molecule has 5 heteroatoms. The molecule has 112 valence electrons. The number of aliphatic hydroxyl groups excluding tert-OH is 1. The second-order valence-electron chi connectivity index (χ2n) is 4.68. The molecule has 0 aliphatic rings. The van der Waals surface area contributed by atoms with Gasteiger partial charge in [0, 0.05) is 18.1 Å². The van der Waals surface area contributed by atoms with E-state index in [9.17, 15) is 15.3 Å². The van der Waals surface area contributed by atoms with Crippen LogP contribution >= 0.6 is 0 Å². The van der Waals surface area contributed by atoms with E-state index in [1.807, 2.05) is 0 Å². The van der Waals surface area contributed by atoms with Gasteiger partial charge in [-0.2, -0.15) is 0 Å². The Kier molecular flexibility index (Phi) is 4.55. The minimum absolute atomic E-state index is 0.00919. The average molecular weight is 290 g/mol. The minimum atomic E-state index is -0.950. The number of rotatable bonds is 5. The molecule has 21 heavy (non-hydrogen) atoms. The van der Waals surface area contributed by atoms with Crippen molar-refractivity contribution in [3.8, 4) is 23.0 Å². The highest BCUT2D eigenvalue weighted by Gasteiger charge is 2.15. The molecule has 2 aromatic rings. The summed E-state index contributed by atoms with van der Waals surface area (Å²) >= 11 is 0. The Morgan fingerprint density at radius 1 is 0.952 bits per heavy atom. The number of aromatic hydroxyl groups is 2. The Labute approximate surface area is 123 Å². The lowest BCUT2D eigenvalue weighted by atomic mass is 10.00. The normalized spacial score (nSPS) is 12.0. The van der Waals surface area contributed by atoms with Crippen molar-refractivity contribution in [2.24, 2.45) is 0 Å². The fourth-order valence-corrected chi connectivity index (χ4v) is 2.13. The summed E-state index contributed by atoms with van der Waals surface area (Å²) in [5.74, 6) is 1.17. The van der Waals surface area contributed by atoms with Gasteiger partial charge in [-0.3, -0.25) is 0 Å². The van der Waals surface area contributed by atoms with Crippen LogP contribution < -0.4 is 9.47 Å². The zero-order valence-corrected chi connectivity index (χ0v) is 11.9. The van der Waals surface area contributed by atoms with Crippen molar-refractivity contribution in [2.75, 3.05) is 14.2 Å². The van der Waals surface area contributed by atoms with Gasteiger partial charge in [0.2, 0.25) is 0 Å². The number of methoxy groups -OCH3 is 2. The standard InChI is InChI=1S/C16H18O5/c1-20-12-5-10(6-13(9-12)21-2)7-16(19)14-8-11(17)3-4-15(14)18/h3-6,8-9,16-19H,7H2,1-2H3. The molecule has 0 spiro atoms. The van der Waals surface area contributed by atoms with E-state index < -0.39 is 6.10 Å². The third-order valence-electron chi connectivity index (χ3n) is 3.21. The smallest absolute Gasteiger partial charge is 0.122 e. The summed E-state index contributed by atoms with van der Waals surface area (Å²) in [6, 6.07) is 9.36. The van der Waals surface area contributed by atoms with Gasteiger partial charge in [-0.1, -0.05) is 0 Å². The number of aliphatic hydroxyl groups is 1. The van der Waals surface area contributed by atoms with Gasteiger partial charge in [0.1, 0.15) is 23.0 Å². The highest BCUT2D eigenvalue weighted by atomic mass is 16.5. The molecule has 0 aromatic heterocycles. The van der Waals surface area contributed by atoms with E-state index in [4.69, 9.17) is 9.47 Å². The van der Waals surface area contributed by atoms with Gasteiger partial charge in [-0.15, -0.1) is 0 Å². The fourth-order valence-electron chi connectivity index (χ4n) is 2.13. The summed E-state index contributed by atoms with van der Waals surface area (Å²) in [4.78, 5) is 0. The summed E-state index contributed by atoms with van der Waals surface area (Å²) in [6.45, 7) is 0. The van der Waals surface area contributed by atoms with Crippen molar-refractivity contribution in [2.45, 2.75) is 12.5 Å². The zero-order valence-electron chi connectivity index (χ0n) is 11.9. The van der Waals surface area contributed by atoms with Crippen LogP contribution in [-0.2, 0) is 6.42 Å². The molecular formula is C16H18O5. The van der Waals surface area contributed by atoms with Crippen LogP contribution in [0.1, 0.15) is 17.2 Å². The molecular weight excluding hydrogens is 272 g/mol. The minimum Gasteiger partial charge on any atom is -0.508 e. The van der Waals surface area contributed by atoms with Crippen LogP contribution in [0, 0.1) is 0 Å². The van der Waals surface area contributed by atoms with E-state index in [1.165, 1.54) is 18.2 Å². The predicted molar refractivity (Wildman–Crippen MR) is 78.0 cm³/mol. The Bertz CT molecular complexity index is 602. The van der Waals surface area contributed by atoms with Gasteiger partial charge in [0.05, 0.1) is 20.3 Å². The van der Waals surface area contributed by atoms with E-state index in [0.717, 1.165) is 5.56 Å². The number of hydrogen-bond acceptors (Lipinski definition) is 5. The lowest BCUT2D eigenvalue weighted by molar-refractivity contribution is 0.174. The SMILES string of the molecule is COc1cc(CC(O)c2cc(O)ccc2O)cc(OC)c1. The summed E-state index contributed by atoms with van der Waals surface area (Å²) < 4.78 is 10.4. The second kappa shape index (κ2) is 6.37. The van der Waals surface area contributed by atoms with Crippen molar-refractivity contribution in [1.82, 2.24) is 0 Å². The molecule has 0 bridgehead atoms. The summed E-state index contributed by atoms with van der Waals surface area (Å²) in [5, 5.41) is 29.5. The van der Waals surface area contributed by atoms with Gasteiger partial charge in [-0.25, -0.2) is 0 Å². The molecule has 0 aliphatic carbocycles. The van der Waals surface area contributed by atoms with Gasteiger partial charge in [-0.05, 0) is 35.9 Å². The summed E-state index contributed by atoms with van der Waals surface area (Å²) in [6.07, 6.45) is -0.696. The first kappa shape index (κ1) is 15.0. The van der Waals surface area contributed by atoms with Gasteiger partial charge in [0.15, 0.2) is 0 Å². The molecule has 2 rings (SSSR count). The van der Waals surface area contributed by atoms with Crippen LogP contribution in [0.3, 0.4) is 0 Å².